The number of benzene rings is 3. The number of unbranched alkanes of at least 4 members (excludes halogenated alkanes) is 1. The number of carbonyl (C=O) groups is 1. The summed E-state index contributed by atoms with van der Waals surface area (Å²) in [5.41, 5.74) is 1.40. The number of amides is 1. The Labute approximate surface area is 212 Å². The Balaban J connectivity index is 1.64. The molecule has 1 aliphatic heterocycles. The molecule has 3 aromatic rings. The van der Waals surface area contributed by atoms with Crippen LogP contribution in [0.15, 0.2) is 48.5 Å². The lowest BCUT2D eigenvalue weighted by Gasteiger charge is -2.26. The van der Waals surface area contributed by atoms with E-state index in [0.29, 0.717) is 40.9 Å². The first-order valence-electron chi connectivity index (χ1n) is 12.2. The van der Waals surface area contributed by atoms with Crippen LogP contribution in [0.4, 0.5) is 0 Å². The van der Waals surface area contributed by atoms with Crippen LogP contribution in [0, 0.1) is 0 Å². The largest absolute Gasteiger partial charge is 0.496 e. The number of methoxy groups -OCH3 is 1. The Morgan fingerprint density at radius 1 is 1.00 bits per heavy atom. The third-order valence-corrected chi connectivity index (χ3v) is 6.91. The van der Waals surface area contributed by atoms with Crippen LogP contribution in [0.3, 0.4) is 0 Å². The topological polar surface area (TPSA) is 51.2 Å². The Morgan fingerprint density at radius 3 is 2.46 bits per heavy atom. The van der Waals surface area contributed by atoms with Gasteiger partial charge in [0.25, 0.3) is 5.91 Å². The van der Waals surface area contributed by atoms with Gasteiger partial charge >= 0.3 is 0 Å². The van der Waals surface area contributed by atoms with Gasteiger partial charge in [0, 0.05) is 24.2 Å². The summed E-state index contributed by atoms with van der Waals surface area (Å²) in [6.07, 6.45) is 1.89. The van der Waals surface area contributed by atoms with Gasteiger partial charge in [0.05, 0.1) is 12.7 Å². The molecule has 7 heteroatoms. The first-order chi connectivity index (χ1) is 17.0. The maximum atomic E-state index is 14.1. The monoisotopic (exact) mass is 496 g/mol. The average Bonchev–Trinajstić information content (AvgIpc) is 3.34. The number of carbonyl (C=O) groups excluding carboxylic acids is 1. The van der Waals surface area contributed by atoms with Crippen molar-refractivity contribution in [2.75, 3.05) is 40.1 Å². The quantitative estimate of drug-likeness (QED) is 0.305. The summed E-state index contributed by atoms with van der Waals surface area (Å²) in [5, 5.41) is 2.43. The predicted molar refractivity (Wildman–Crippen MR) is 140 cm³/mol. The fraction of sp³-hybridized carbons (Fsp3) is 0.393. The molecule has 0 unspecified atom stereocenters. The molecule has 0 fully saturated rings. The minimum Gasteiger partial charge on any atom is -0.496 e. The fourth-order valence-corrected chi connectivity index (χ4v) is 4.73. The third kappa shape index (κ3) is 5.65. The van der Waals surface area contributed by atoms with Crippen molar-refractivity contribution in [3.63, 3.8) is 0 Å². The zero-order valence-corrected chi connectivity index (χ0v) is 21.4. The molecule has 0 saturated heterocycles. The van der Waals surface area contributed by atoms with Crippen LogP contribution in [0.1, 0.15) is 42.6 Å². The predicted octanol–water partition coefficient (Wildman–Crippen LogP) is 5.99. The highest BCUT2D eigenvalue weighted by atomic mass is 35.5. The number of nitrogens with zero attached hydrogens (tertiary/aromatic N) is 2. The summed E-state index contributed by atoms with van der Waals surface area (Å²) in [5.74, 6) is 1.78. The van der Waals surface area contributed by atoms with Crippen molar-refractivity contribution in [1.82, 2.24) is 9.80 Å². The molecule has 1 aliphatic rings. The van der Waals surface area contributed by atoms with E-state index in [4.69, 9.17) is 25.8 Å². The van der Waals surface area contributed by atoms with Crippen LogP contribution in [-0.2, 0) is 6.54 Å². The second-order valence-corrected chi connectivity index (χ2v) is 9.03. The summed E-state index contributed by atoms with van der Waals surface area (Å²) in [6.45, 7) is 8.57. The Kier molecular flexibility index (Phi) is 8.37. The Hall–Kier alpha value is -2.96. The van der Waals surface area contributed by atoms with Gasteiger partial charge in [0.15, 0.2) is 11.5 Å². The molecule has 3 aromatic carbocycles. The van der Waals surface area contributed by atoms with Crippen LogP contribution in [0.25, 0.3) is 10.8 Å². The Morgan fingerprint density at radius 2 is 1.71 bits per heavy atom. The van der Waals surface area contributed by atoms with E-state index in [-0.39, 0.29) is 12.7 Å². The van der Waals surface area contributed by atoms with Crippen molar-refractivity contribution < 1.29 is 19.0 Å². The summed E-state index contributed by atoms with van der Waals surface area (Å²) < 4.78 is 16.6. The number of halogens is 1. The number of hydrogen-bond acceptors (Lipinski definition) is 5. The lowest BCUT2D eigenvalue weighted by Crippen LogP contribution is -2.33. The molecule has 35 heavy (non-hydrogen) atoms. The van der Waals surface area contributed by atoms with Crippen molar-refractivity contribution in [3.05, 3.63) is 64.7 Å². The second-order valence-electron chi connectivity index (χ2n) is 8.62. The zero-order chi connectivity index (χ0) is 24.8. The van der Waals surface area contributed by atoms with Gasteiger partial charge < -0.3 is 24.0 Å². The van der Waals surface area contributed by atoms with Crippen molar-refractivity contribution in [1.29, 1.82) is 0 Å². The molecule has 0 aromatic heterocycles. The summed E-state index contributed by atoms with van der Waals surface area (Å²) in [7, 11) is 1.60. The van der Waals surface area contributed by atoms with E-state index in [2.05, 4.69) is 18.7 Å². The van der Waals surface area contributed by atoms with Gasteiger partial charge in [-0.2, -0.15) is 0 Å². The minimum atomic E-state index is -0.0739. The molecule has 0 radical (unpaired) electrons. The summed E-state index contributed by atoms with van der Waals surface area (Å²) >= 11 is 6.59. The normalized spacial score (nSPS) is 12.4. The van der Waals surface area contributed by atoms with Crippen LogP contribution >= 0.6 is 11.6 Å². The van der Waals surface area contributed by atoms with E-state index in [1.54, 1.807) is 13.2 Å². The van der Waals surface area contributed by atoms with Gasteiger partial charge in [0.1, 0.15) is 5.75 Å². The molecule has 0 bridgehead atoms. The van der Waals surface area contributed by atoms with Crippen LogP contribution in [-0.4, -0.2) is 55.8 Å². The Bertz CT molecular complexity index is 1180. The molecule has 6 nitrogen and oxygen atoms in total. The van der Waals surface area contributed by atoms with Gasteiger partial charge in [-0.15, -0.1) is 0 Å². The molecule has 0 aliphatic carbocycles. The number of fused-ring (bicyclic) bond motifs is 2. The number of ether oxygens (including phenoxy) is 3. The van der Waals surface area contributed by atoms with E-state index >= 15 is 0 Å². The summed E-state index contributed by atoms with van der Waals surface area (Å²) in [6, 6.07) is 15.4. The van der Waals surface area contributed by atoms with E-state index in [9.17, 15) is 4.79 Å². The molecular weight excluding hydrogens is 464 g/mol. The van der Waals surface area contributed by atoms with Crippen molar-refractivity contribution in [2.45, 2.75) is 33.2 Å². The molecule has 0 N–H and O–H groups in total. The molecule has 4 rings (SSSR count). The van der Waals surface area contributed by atoms with E-state index < -0.39 is 0 Å². The second kappa shape index (κ2) is 11.6. The smallest absolute Gasteiger partial charge is 0.258 e. The maximum Gasteiger partial charge on any atom is 0.258 e. The molecule has 0 spiro atoms. The molecule has 186 valence electrons. The highest BCUT2D eigenvalue weighted by Gasteiger charge is 2.25. The van der Waals surface area contributed by atoms with Gasteiger partial charge in [-0.05, 0) is 60.9 Å². The van der Waals surface area contributed by atoms with Gasteiger partial charge in [0.2, 0.25) is 6.79 Å². The first-order valence-corrected chi connectivity index (χ1v) is 12.6. The van der Waals surface area contributed by atoms with E-state index in [1.807, 2.05) is 47.4 Å². The molecule has 0 saturated carbocycles. The van der Waals surface area contributed by atoms with E-state index in [1.165, 1.54) is 0 Å². The lowest BCUT2D eigenvalue weighted by atomic mass is 10.0. The van der Waals surface area contributed by atoms with Crippen molar-refractivity contribution in [2.24, 2.45) is 0 Å². The van der Waals surface area contributed by atoms with Crippen molar-refractivity contribution >= 4 is 28.3 Å². The van der Waals surface area contributed by atoms with E-state index in [0.717, 1.165) is 48.8 Å². The standard InChI is InChI=1S/C28H33ClN2O4/c1-4-30(5-2)14-8-9-15-31(18-21-16-25-26(17-23(21)29)35-19-34-25)28(32)27-22-11-7-6-10-20(22)12-13-24(27)33-3/h6-7,10-13,16-17H,4-5,8-9,14-15,18-19H2,1-3H3. The highest BCUT2D eigenvalue weighted by molar-refractivity contribution is 6.31. The van der Waals surface area contributed by atoms with Crippen LogP contribution in [0.5, 0.6) is 17.2 Å². The zero-order valence-electron chi connectivity index (χ0n) is 20.7. The average molecular weight is 497 g/mol. The van der Waals surface area contributed by atoms with Crippen LogP contribution in [0.2, 0.25) is 5.02 Å². The molecular formula is C28H33ClN2O4. The van der Waals surface area contributed by atoms with Gasteiger partial charge in [-0.1, -0.05) is 55.8 Å². The van der Waals surface area contributed by atoms with Gasteiger partial charge in [-0.3, -0.25) is 4.79 Å². The summed E-state index contributed by atoms with van der Waals surface area (Å²) in [4.78, 5) is 18.3. The molecule has 1 heterocycles. The third-order valence-electron chi connectivity index (χ3n) is 6.56. The van der Waals surface area contributed by atoms with Crippen molar-refractivity contribution in [3.8, 4) is 17.2 Å². The molecule has 1 amide bonds. The fourth-order valence-electron chi connectivity index (χ4n) is 4.52. The number of hydrogen-bond donors (Lipinski definition) is 0. The highest BCUT2D eigenvalue weighted by Crippen LogP contribution is 2.38. The maximum absolute atomic E-state index is 14.1. The van der Waals surface area contributed by atoms with Gasteiger partial charge in [-0.25, -0.2) is 0 Å². The lowest BCUT2D eigenvalue weighted by molar-refractivity contribution is 0.0737. The SMILES string of the molecule is CCN(CC)CCCCN(Cc1cc2c(cc1Cl)OCO2)C(=O)c1c(OC)ccc2ccccc12. The van der Waals surface area contributed by atoms with Crippen LogP contribution < -0.4 is 14.2 Å². The first kappa shape index (κ1) is 25.1. The minimum absolute atomic E-state index is 0.0739. The molecule has 0 atom stereocenters. The number of rotatable bonds is 11.